The number of carbonyl (C=O) groups is 1. The molecule has 4 nitrogen and oxygen atoms in total. The Balaban J connectivity index is 1.93. The monoisotopic (exact) mass is 345 g/mol. The lowest BCUT2D eigenvalue weighted by molar-refractivity contribution is -0.132. The minimum Gasteiger partial charge on any atom is -0.504 e. The second kappa shape index (κ2) is 6.85. The summed E-state index contributed by atoms with van der Waals surface area (Å²) >= 11 is 1.69. The molecular weight excluding hydrogens is 322 g/mol. The third kappa shape index (κ3) is 3.56. The summed E-state index contributed by atoms with van der Waals surface area (Å²) in [5.41, 5.74) is 1.83. The van der Waals surface area contributed by atoms with Crippen molar-refractivity contribution in [2.75, 3.05) is 13.2 Å². The minimum absolute atomic E-state index is 0.137. The van der Waals surface area contributed by atoms with Crippen LogP contribution in [0, 0.1) is 12.8 Å². The molecule has 1 N–H and O–H groups in total. The molecule has 0 saturated heterocycles. The third-order valence-corrected chi connectivity index (χ3v) is 5.13. The molecule has 1 amide bonds. The van der Waals surface area contributed by atoms with Gasteiger partial charge in [0.15, 0.2) is 11.5 Å². The lowest BCUT2D eigenvalue weighted by atomic mass is 10.1. The second-order valence-electron chi connectivity index (χ2n) is 6.66. The molecule has 0 atom stereocenters. The number of aromatic hydroxyl groups is 1. The Morgan fingerprint density at radius 2 is 2.17 bits per heavy atom. The lowest BCUT2D eigenvalue weighted by Gasteiger charge is -2.21. The topological polar surface area (TPSA) is 49.8 Å². The predicted molar refractivity (Wildman–Crippen MR) is 96.5 cm³/mol. The number of carbonyl (C=O) groups excluding carboxylic acids is 1. The average Bonchev–Trinajstić information content (AvgIpc) is 2.81. The van der Waals surface area contributed by atoms with Crippen molar-refractivity contribution < 1.29 is 14.6 Å². The number of hydrogen-bond donors (Lipinski definition) is 1. The quantitative estimate of drug-likeness (QED) is 0.907. The van der Waals surface area contributed by atoms with Crippen LogP contribution in [0.4, 0.5) is 0 Å². The van der Waals surface area contributed by atoms with E-state index in [-0.39, 0.29) is 11.7 Å². The molecule has 2 heterocycles. The zero-order valence-corrected chi connectivity index (χ0v) is 15.2. The highest BCUT2D eigenvalue weighted by atomic mass is 32.1. The summed E-state index contributed by atoms with van der Waals surface area (Å²) in [5, 5.41) is 10.4. The zero-order chi connectivity index (χ0) is 17.3. The molecule has 0 fully saturated rings. The number of benzene rings is 1. The standard InChI is InChI=1S/C19H23NO3S/c1-12(2)8-18(22)20-6-7-23-19-15(11-20)9-14(10-16(19)21)17-5-4-13(3)24-17/h4-5,9-10,12,21H,6-8,11H2,1-3H3. The molecular formula is C19H23NO3S. The van der Waals surface area contributed by atoms with E-state index in [4.69, 9.17) is 4.74 Å². The zero-order valence-electron chi connectivity index (χ0n) is 14.3. The molecule has 128 valence electrons. The van der Waals surface area contributed by atoms with E-state index < -0.39 is 0 Å². The largest absolute Gasteiger partial charge is 0.504 e. The van der Waals surface area contributed by atoms with Gasteiger partial charge in [-0.15, -0.1) is 11.3 Å². The predicted octanol–water partition coefficient (Wildman–Crippen LogP) is 4.20. The van der Waals surface area contributed by atoms with Gasteiger partial charge in [-0.1, -0.05) is 13.8 Å². The summed E-state index contributed by atoms with van der Waals surface area (Å²) in [7, 11) is 0. The molecule has 0 aliphatic carbocycles. The Morgan fingerprint density at radius 3 is 2.83 bits per heavy atom. The fourth-order valence-corrected chi connectivity index (χ4v) is 3.78. The lowest BCUT2D eigenvalue weighted by Crippen LogP contribution is -2.33. The van der Waals surface area contributed by atoms with Gasteiger partial charge in [-0.05, 0) is 42.7 Å². The number of hydrogen-bond acceptors (Lipinski definition) is 4. The van der Waals surface area contributed by atoms with E-state index in [0.717, 1.165) is 16.0 Å². The number of amides is 1. The molecule has 1 aromatic carbocycles. The molecule has 5 heteroatoms. The van der Waals surface area contributed by atoms with E-state index in [1.54, 1.807) is 17.4 Å². The van der Waals surface area contributed by atoms with Crippen LogP contribution in [0.1, 0.15) is 30.7 Å². The Morgan fingerprint density at radius 1 is 1.38 bits per heavy atom. The number of phenols is 1. The Kier molecular flexibility index (Phi) is 4.81. The van der Waals surface area contributed by atoms with Gasteiger partial charge in [-0.25, -0.2) is 0 Å². The average molecular weight is 345 g/mol. The first-order valence-electron chi connectivity index (χ1n) is 8.27. The van der Waals surface area contributed by atoms with Gasteiger partial charge < -0.3 is 14.7 Å². The van der Waals surface area contributed by atoms with Gasteiger partial charge in [-0.2, -0.15) is 0 Å². The number of ether oxygens (including phenoxy) is 1. The van der Waals surface area contributed by atoms with Gasteiger partial charge in [0.2, 0.25) is 5.91 Å². The Labute approximate surface area is 146 Å². The number of thiophene rings is 1. The van der Waals surface area contributed by atoms with Crippen LogP contribution < -0.4 is 4.74 Å². The van der Waals surface area contributed by atoms with Crippen LogP contribution >= 0.6 is 11.3 Å². The molecule has 0 saturated carbocycles. The number of rotatable bonds is 3. The molecule has 24 heavy (non-hydrogen) atoms. The van der Waals surface area contributed by atoms with E-state index in [2.05, 4.69) is 19.1 Å². The number of nitrogens with zero attached hydrogens (tertiary/aromatic N) is 1. The van der Waals surface area contributed by atoms with Crippen LogP contribution in [0.15, 0.2) is 24.3 Å². The highest BCUT2D eigenvalue weighted by Gasteiger charge is 2.23. The van der Waals surface area contributed by atoms with Crippen molar-refractivity contribution in [3.05, 3.63) is 34.7 Å². The summed E-state index contributed by atoms with van der Waals surface area (Å²) in [6.07, 6.45) is 0.533. The van der Waals surface area contributed by atoms with E-state index >= 15 is 0 Å². The van der Waals surface area contributed by atoms with Crippen molar-refractivity contribution >= 4 is 17.2 Å². The number of aryl methyl sites for hydroxylation is 1. The van der Waals surface area contributed by atoms with Gasteiger partial charge in [-0.3, -0.25) is 4.79 Å². The van der Waals surface area contributed by atoms with Crippen LogP contribution in [-0.4, -0.2) is 29.1 Å². The van der Waals surface area contributed by atoms with E-state index in [1.165, 1.54) is 4.88 Å². The van der Waals surface area contributed by atoms with Crippen molar-refractivity contribution in [2.45, 2.75) is 33.7 Å². The number of fused-ring (bicyclic) bond motifs is 1. The first-order chi connectivity index (χ1) is 11.4. The fraction of sp³-hybridized carbons (Fsp3) is 0.421. The number of phenolic OH excluding ortho intramolecular Hbond substituents is 1. The second-order valence-corrected chi connectivity index (χ2v) is 7.94. The maximum Gasteiger partial charge on any atom is 0.223 e. The fourth-order valence-electron chi connectivity index (χ4n) is 2.92. The summed E-state index contributed by atoms with van der Waals surface area (Å²) in [4.78, 5) is 16.6. The molecule has 1 aliphatic heterocycles. The SMILES string of the molecule is Cc1ccc(-c2cc(O)c3c(c2)CN(C(=O)CC(C)C)CCO3)s1. The maximum atomic E-state index is 12.4. The summed E-state index contributed by atoms with van der Waals surface area (Å²) < 4.78 is 5.72. The molecule has 3 rings (SSSR count). The van der Waals surface area contributed by atoms with Crippen LogP contribution in [0.3, 0.4) is 0 Å². The molecule has 1 aromatic heterocycles. The maximum absolute atomic E-state index is 12.4. The molecule has 0 radical (unpaired) electrons. The highest BCUT2D eigenvalue weighted by Crippen LogP contribution is 2.39. The molecule has 0 spiro atoms. The molecule has 0 bridgehead atoms. The van der Waals surface area contributed by atoms with Gasteiger partial charge in [0.25, 0.3) is 0 Å². The summed E-state index contributed by atoms with van der Waals surface area (Å²) in [5.74, 6) is 1.12. The third-order valence-electron chi connectivity index (χ3n) is 4.08. The van der Waals surface area contributed by atoms with Crippen molar-refractivity contribution in [2.24, 2.45) is 5.92 Å². The minimum atomic E-state index is 0.137. The summed E-state index contributed by atoms with van der Waals surface area (Å²) in [6, 6.07) is 7.90. The van der Waals surface area contributed by atoms with Crippen molar-refractivity contribution in [3.63, 3.8) is 0 Å². The highest BCUT2D eigenvalue weighted by molar-refractivity contribution is 7.15. The van der Waals surface area contributed by atoms with Crippen LogP contribution in [0.25, 0.3) is 10.4 Å². The van der Waals surface area contributed by atoms with Crippen molar-refractivity contribution in [1.29, 1.82) is 0 Å². The van der Waals surface area contributed by atoms with Crippen LogP contribution in [0.5, 0.6) is 11.5 Å². The van der Waals surface area contributed by atoms with Gasteiger partial charge >= 0.3 is 0 Å². The Hall–Kier alpha value is -2.01. The molecule has 1 aliphatic rings. The van der Waals surface area contributed by atoms with Crippen LogP contribution in [0.2, 0.25) is 0 Å². The van der Waals surface area contributed by atoms with E-state index in [1.807, 2.05) is 24.8 Å². The van der Waals surface area contributed by atoms with E-state index in [0.29, 0.717) is 37.8 Å². The Bertz CT molecular complexity index is 751. The smallest absolute Gasteiger partial charge is 0.223 e. The van der Waals surface area contributed by atoms with Crippen LogP contribution in [-0.2, 0) is 11.3 Å². The first kappa shape index (κ1) is 16.8. The summed E-state index contributed by atoms with van der Waals surface area (Å²) in [6.45, 7) is 7.58. The van der Waals surface area contributed by atoms with Gasteiger partial charge in [0, 0.05) is 28.3 Å². The normalized spacial score (nSPS) is 14.2. The van der Waals surface area contributed by atoms with E-state index in [9.17, 15) is 9.90 Å². The van der Waals surface area contributed by atoms with Crippen molar-refractivity contribution in [1.82, 2.24) is 4.90 Å². The van der Waals surface area contributed by atoms with Gasteiger partial charge in [0.1, 0.15) is 6.61 Å². The molecule has 0 unspecified atom stereocenters. The first-order valence-corrected chi connectivity index (χ1v) is 9.09. The van der Waals surface area contributed by atoms with Gasteiger partial charge in [0.05, 0.1) is 6.54 Å². The molecule has 2 aromatic rings. The van der Waals surface area contributed by atoms with Crippen molar-refractivity contribution in [3.8, 4) is 21.9 Å².